The van der Waals surface area contributed by atoms with Gasteiger partial charge in [0.1, 0.15) is 5.84 Å². The van der Waals surface area contributed by atoms with E-state index in [-0.39, 0.29) is 0 Å². The van der Waals surface area contributed by atoms with Gasteiger partial charge in [-0.05, 0) is 6.92 Å². The van der Waals surface area contributed by atoms with Gasteiger partial charge >= 0.3 is 0 Å². The van der Waals surface area contributed by atoms with Gasteiger partial charge in [0.25, 0.3) is 0 Å². The van der Waals surface area contributed by atoms with Crippen molar-refractivity contribution >= 4 is 12.2 Å². The Kier molecular flexibility index (Phi) is 3.15. The fourth-order valence-electron chi connectivity index (χ4n) is 0.750. The van der Waals surface area contributed by atoms with Crippen LogP contribution in [-0.4, -0.2) is 30.2 Å². The van der Waals surface area contributed by atoms with E-state index in [1.165, 1.54) is 0 Å². The van der Waals surface area contributed by atoms with Gasteiger partial charge in [0, 0.05) is 13.0 Å². The van der Waals surface area contributed by atoms with Crippen molar-refractivity contribution in [2.24, 2.45) is 5.10 Å². The molecule has 1 aliphatic rings. The zero-order valence-electron chi connectivity index (χ0n) is 7.00. The molecule has 1 N–H and O–H groups in total. The highest BCUT2D eigenvalue weighted by atomic mass is 16.1. The minimum absolute atomic E-state index is 0.507. The Bertz CT molecular complexity index is 249. The predicted octanol–water partition coefficient (Wildman–Crippen LogP) is -0.225. The molecule has 0 aromatic heterocycles. The van der Waals surface area contributed by atoms with Crippen LogP contribution in [0.25, 0.3) is 0 Å². The summed E-state index contributed by atoms with van der Waals surface area (Å²) in [6.07, 6.45) is 1.61. The molecule has 0 fully saturated rings. The first-order valence-corrected chi connectivity index (χ1v) is 3.78. The Balaban J connectivity index is 2.17. The summed E-state index contributed by atoms with van der Waals surface area (Å²) in [5, 5.41) is 3.78. The summed E-state index contributed by atoms with van der Waals surface area (Å²) in [6, 6.07) is 0. The molecule has 0 radical (unpaired) electrons. The third kappa shape index (κ3) is 3.06. The number of hydrazone groups is 1. The molecule has 0 aromatic carbocycles. The Morgan fingerprint density at radius 2 is 2.50 bits per heavy atom. The number of rotatable bonds is 5. The summed E-state index contributed by atoms with van der Waals surface area (Å²) in [7, 11) is 0. The summed E-state index contributed by atoms with van der Waals surface area (Å²) in [4.78, 5) is 12.1. The fraction of sp³-hybridized carbons (Fsp3) is 0.500. The number of carbonyl (C=O) groups is 1. The van der Waals surface area contributed by atoms with E-state index in [1.807, 2.05) is 0 Å². The minimum Gasteiger partial charge on any atom is -0.334 e. The molecule has 1 aliphatic heterocycles. The zero-order chi connectivity index (χ0) is 8.81. The summed E-state index contributed by atoms with van der Waals surface area (Å²) in [6.45, 7) is 2.95. The monoisotopic (exact) mass is 165 g/mol. The molecule has 0 aromatic rings. The molecule has 0 bridgehead atoms. The average Bonchev–Trinajstić information content (AvgIpc) is 2.89. The molecule has 64 valence electrons. The third-order valence-corrected chi connectivity index (χ3v) is 1.51. The second-order valence-corrected chi connectivity index (χ2v) is 2.42. The number of amidine groups is 1. The first-order chi connectivity index (χ1) is 5.86. The molecular weight excluding hydrogens is 154 g/mol. The van der Waals surface area contributed by atoms with Crippen molar-refractivity contribution < 1.29 is 4.79 Å². The van der Waals surface area contributed by atoms with E-state index < -0.39 is 0 Å². The van der Waals surface area contributed by atoms with Gasteiger partial charge in [0.2, 0.25) is 6.41 Å². The lowest BCUT2D eigenvalue weighted by Crippen LogP contribution is -2.24. The van der Waals surface area contributed by atoms with Crippen molar-refractivity contribution in [3.05, 3.63) is 0 Å². The van der Waals surface area contributed by atoms with Crippen molar-refractivity contribution in [1.82, 2.24) is 10.3 Å². The topological polar surface area (TPSA) is 54.6 Å². The molecule has 4 nitrogen and oxygen atoms in total. The highest BCUT2D eigenvalue weighted by Crippen LogP contribution is 1.95. The fourth-order valence-corrected chi connectivity index (χ4v) is 0.750. The lowest BCUT2D eigenvalue weighted by Gasteiger charge is -2.11. The second-order valence-electron chi connectivity index (χ2n) is 2.42. The quantitative estimate of drug-likeness (QED) is 0.452. The lowest BCUT2D eigenvalue weighted by molar-refractivity contribution is -0.117. The number of hydrogen-bond acceptors (Lipinski definition) is 3. The van der Waals surface area contributed by atoms with Crippen LogP contribution >= 0.6 is 0 Å². The second kappa shape index (κ2) is 4.39. The zero-order valence-corrected chi connectivity index (χ0v) is 7.00. The molecule has 0 atom stereocenters. The molecule has 12 heavy (non-hydrogen) atoms. The summed E-state index contributed by atoms with van der Waals surface area (Å²) >= 11 is 0. The number of nitrogens with one attached hydrogen (secondary N) is 1. The van der Waals surface area contributed by atoms with E-state index in [2.05, 4.69) is 22.4 Å². The van der Waals surface area contributed by atoms with Gasteiger partial charge < -0.3 is 4.90 Å². The maximum absolute atomic E-state index is 10.4. The van der Waals surface area contributed by atoms with Crippen molar-refractivity contribution in [2.45, 2.75) is 13.3 Å². The lowest BCUT2D eigenvalue weighted by atomic mass is 10.4. The Morgan fingerprint density at radius 3 is 3.00 bits per heavy atom. The first kappa shape index (κ1) is 8.60. The van der Waals surface area contributed by atoms with Crippen molar-refractivity contribution in [3.63, 3.8) is 0 Å². The number of carbonyl (C=O) groups excluding carboxylic acids is 1. The van der Waals surface area contributed by atoms with Crippen LogP contribution in [0.1, 0.15) is 13.3 Å². The van der Waals surface area contributed by atoms with Crippen LogP contribution < -0.4 is 5.43 Å². The van der Waals surface area contributed by atoms with Gasteiger partial charge in [-0.3, -0.25) is 10.2 Å². The standard InChI is InChI=1S/C8H11N3O/c1-2-3-5-11(7-12)6-4-8-9-10-8/h7H,4-6H2,1H3,(H,9,10). The molecule has 4 heteroatoms. The average molecular weight is 165 g/mol. The van der Waals surface area contributed by atoms with E-state index in [1.54, 1.807) is 11.8 Å². The van der Waals surface area contributed by atoms with Crippen LogP contribution in [0.4, 0.5) is 0 Å². The van der Waals surface area contributed by atoms with Gasteiger partial charge in [0.15, 0.2) is 0 Å². The van der Waals surface area contributed by atoms with Crippen LogP contribution in [0.3, 0.4) is 0 Å². The van der Waals surface area contributed by atoms with Crippen LogP contribution in [0.15, 0.2) is 5.10 Å². The Labute approximate surface area is 71.6 Å². The maximum Gasteiger partial charge on any atom is 0.210 e. The van der Waals surface area contributed by atoms with E-state index in [4.69, 9.17) is 0 Å². The molecule has 1 heterocycles. The van der Waals surface area contributed by atoms with Gasteiger partial charge in [-0.15, -0.1) is 5.92 Å². The normalized spacial score (nSPS) is 11.9. The number of nitrogens with zero attached hydrogens (tertiary/aromatic N) is 2. The van der Waals surface area contributed by atoms with Crippen molar-refractivity contribution in [3.8, 4) is 11.8 Å². The van der Waals surface area contributed by atoms with Gasteiger partial charge in [-0.1, -0.05) is 5.92 Å². The largest absolute Gasteiger partial charge is 0.334 e. The molecule has 0 unspecified atom stereocenters. The summed E-state index contributed by atoms with van der Waals surface area (Å²) in [5.41, 5.74) is 2.73. The number of hydrogen-bond donors (Lipinski definition) is 1. The molecule has 1 rings (SSSR count). The Hall–Kier alpha value is -1.50. The highest BCUT2D eigenvalue weighted by molar-refractivity contribution is 5.90. The van der Waals surface area contributed by atoms with E-state index in [0.717, 1.165) is 18.7 Å². The van der Waals surface area contributed by atoms with Crippen LogP contribution in [0, 0.1) is 11.8 Å². The van der Waals surface area contributed by atoms with E-state index >= 15 is 0 Å². The van der Waals surface area contributed by atoms with Crippen LogP contribution in [0.5, 0.6) is 0 Å². The third-order valence-electron chi connectivity index (χ3n) is 1.51. The van der Waals surface area contributed by atoms with Gasteiger partial charge in [0.05, 0.1) is 6.54 Å². The van der Waals surface area contributed by atoms with Gasteiger partial charge in [-0.2, -0.15) is 5.10 Å². The molecule has 0 spiro atoms. The first-order valence-electron chi connectivity index (χ1n) is 3.78. The minimum atomic E-state index is 0.507. The molecule has 0 saturated carbocycles. The summed E-state index contributed by atoms with van der Waals surface area (Å²) in [5.74, 6) is 6.53. The highest BCUT2D eigenvalue weighted by Gasteiger charge is 2.09. The van der Waals surface area contributed by atoms with Crippen LogP contribution in [-0.2, 0) is 4.79 Å². The van der Waals surface area contributed by atoms with E-state index in [0.29, 0.717) is 13.1 Å². The smallest absolute Gasteiger partial charge is 0.210 e. The molecule has 0 aliphatic carbocycles. The summed E-state index contributed by atoms with van der Waals surface area (Å²) < 4.78 is 0. The maximum atomic E-state index is 10.4. The van der Waals surface area contributed by atoms with Crippen LogP contribution in [0.2, 0.25) is 0 Å². The molecule has 1 amide bonds. The predicted molar refractivity (Wildman–Crippen MR) is 46.3 cm³/mol. The Morgan fingerprint density at radius 1 is 1.75 bits per heavy atom. The van der Waals surface area contributed by atoms with Crippen molar-refractivity contribution in [2.75, 3.05) is 13.1 Å². The molecular formula is C8H11N3O. The number of amides is 1. The van der Waals surface area contributed by atoms with E-state index in [9.17, 15) is 4.79 Å². The SMILES string of the molecule is CC#CCN(C=O)CCC1=NN1. The van der Waals surface area contributed by atoms with Gasteiger partial charge in [-0.25, -0.2) is 0 Å². The molecule has 0 saturated heterocycles. The van der Waals surface area contributed by atoms with Crippen molar-refractivity contribution in [1.29, 1.82) is 0 Å².